The molecule has 10 heteroatoms. The number of amides is 3. The maximum Gasteiger partial charge on any atom is 0.412 e. The molecule has 0 saturated carbocycles. The molecule has 1 unspecified atom stereocenters. The van der Waals surface area contributed by atoms with Crippen molar-refractivity contribution in [2.45, 2.75) is 83.0 Å². The maximum absolute atomic E-state index is 12.0. The molecular weight excluding hydrogens is 532 g/mol. The zero-order valence-corrected chi connectivity index (χ0v) is 24.9. The summed E-state index contributed by atoms with van der Waals surface area (Å²) in [5.74, 6) is -0.450. The molecule has 3 amide bonds. The van der Waals surface area contributed by atoms with E-state index >= 15 is 0 Å². The van der Waals surface area contributed by atoms with Crippen LogP contribution in [-0.4, -0.2) is 67.8 Å². The number of rotatable bonds is 7. The summed E-state index contributed by atoms with van der Waals surface area (Å²) < 4.78 is 5.33. The van der Waals surface area contributed by atoms with Crippen molar-refractivity contribution in [2.75, 3.05) is 46.6 Å². The largest absolute Gasteiger partial charge is 0.444 e. The summed E-state index contributed by atoms with van der Waals surface area (Å²) in [5.41, 5.74) is 3.48. The fraction of sp³-hybridized carbons (Fsp3) is 0.531. The third-order valence-corrected chi connectivity index (χ3v) is 8.15. The van der Waals surface area contributed by atoms with Crippen molar-refractivity contribution < 1.29 is 19.1 Å². The molecule has 5 rings (SSSR count). The highest BCUT2D eigenvalue weighted by molar-refractivity contribution is 6.01. The Morgan fingerprint density at radius 2 is 1.29 bits per heavy atom. The van der Waals surface area contributed by atoms with Gasteiger partial charge in [0.25, 0.3) is 0 Å². The van der Waals surface area contributed by atoms with Gasteiger partial charge in [0.15, 0.2) is 0 Å². The Morgan fingerprint density at radius 1 is 0.786 bits per heavy atom. The molecule has 42 heavy (non-hydrogen) atoms. The smallest absolute Gasteiger partial charge is 0.412 e. The first-order chi connectivity index (χ1) is 20.1. The molecule has 2 aromatic carbocycles. The van der Waals surface area contributed by atoms with Gasteiger partial charge >= 0.3 is 6.09 Å². The van der Waals surface area contributed by atoms with Crippen LogP contribution in [0.15, 0.2) is 48.5 Å². The number of hydrogen-bond acceptors (Lipinski definition) is 8. The number of imide groups is 1. The number of carbonyl (C=O) groups is 3. The van der Waals surface area contributed by atoms with E-state index in [1.807, 2.05) is 45.0 Å². The molecule has 0 aliphatic carbocycles. The van der Waals surface area contributed by atoms with Crippen molar-refractivity contribution in [1.29, 1.82) is 0 Å². The normalized spacial score (nSPS) is 20.7. The van der Waals surface area contributed by atoms with Crippen LogP contribution in [0.2, 0.25) is 0 Å². The van der Waals surface area contributed by atoms with Gasteiger partial charge in [0.1, 0.15) is 11.6 Å². The highest BCUT2D eigenvalue weighted by atomic mass is 16.6. The van der Waals surface area contributed by atoms with E-state index in [2.05, 4.69) is 55.3 Å². The summed E-state index contributed by atoms with van der Waals surface area (Å²) in [6, 6.07) is 16.9. The molecule has 0 radical (unpaired) electrons. The van der Waals surface area contributed by atoms with E-state index < -0.39 is 11.7 Å². The summed E-state index contributed by atoms with van der Waals surface area (Å²) in [4.78, 5) is 40.3. The molecule has 3 fully saturated rings. The number of piperidine rings is 3. The van der Waals surface area contributed by atoms with Crippen LogP contribution in [0.5, 0.6) is 0 Å². The molecule has 1 atom stereocenters. The number of benzene rings is 2. The van der Waals surface area contributed by atoms with Crippen LogP contribution in [0.4, 0.5) is 27.5 Å². The number of nitrogens with zero attached hydrogens (tertiary/aromatic N) is 2. The van der Waals surface area contributed by atoms with Crippen LogP contribution in [0.25, 0.3) is 0 Å². The molecule has 10 nitrogen and oxygen atoms in total. The Morgan fingerprint density at radius 3 is 1.76 bits per heavy atom. The zero-order chi connectivity index (χ0) is 29.7. The lowest BCUT2D eigenvalue weighted by atomic mass is 9.99. The second-order valence-electron chi connectivity index (χ2n) is 12.6. The molecule has 4 N–H and O–H groups in total. The number of hydrogen-bond donors (Lipinski definition) is 4. The van der Waals surface area contributed by atoms with Crippen molar-refractivity contribution in [3.8, 4) is 0 Å². The lowest BCUT2D eigenvalue weighted by Gasteiger charge is -2.39. The molecule has 2 aromatic rings. The number of anilines is 4. The molecule has 226 valence electrons. The van der Waals surface area contributed by atoms with Gasteiger partial charge in [-0.3, -0.25) is 20.2 Å². The number of ether oxygens (including phenoxy) is 1. The molecule has 0 aromatic heterocycles. The predicted molar refractivity (Wildman–Crippen MR) is 166 cm³/mol. The maximum atomic E-state index is 12.0. The van der Waals surface area contributed by atoms with Gasteiger partial charge in [-0.25, -0.2) is 4.79 Å². The van der Waals surface area contributed by atoms with E-state index in [9.17, 15) is 14.4 Å². The Bertz CT molecular complexity index is 1230. The highest BCUT2D eigenvalue weighted by Crippen LogP contribution is 2.26. The fourth-order valence-electron chi connectivity index (χ4n) is 5.92. The van der Waals surface area contributed by atoms with Crippen molar-refractivity contribution in [2.24, 2.45) is 0 Å². The number of carbonyl (C=O) groups excluding carboxylic acids is 3. The van der Waals surface area contributed by atoms with Crippen LogP contribution in [0.1, 0.15) is 59.3 Å². The van der Waals surface area contributed by atoms with Gasteiger partial charge in [-0.2, -0.15) is 0 Å². The van der Waals surface area contributed by atoms with Gasteiger partial charge in [0.2, 0.25) is 11.8 Å². The first kappa shape index (κ1) is 29.7. The van der Waals surface area contributed by atoms with Crippen molar-refractivity contribution in [1.82, 2.24) is 10.6 Å². The second kappa shape index (κ2) is 13.0. The summed E-state index contributed by atoms with van der Waals surface area (Å²) >= 11 is 0. The molecule has 3 heterocycles. The Balaban J connectivity index is 1.01. The predicted octanol–water partition coefficient (Wildman–Crippen LogP) is 4.48. The van der Waals surface area contributed by atoms with E-state index in [0.29, 0.717) is 24.9 Å². The third-order valence-electron chi connectivity index (χ3n) is 8.15. The number of nitrogens with one attached hydrogen (secondary N) is 4. The monoisotopic (exact) mass is 576 g/mol. The summed E-state index contributed by atoms with van der Waals surface area (Å²) in [6.45, 7) is 9.60. The molecule has 0 spiro atoms. The Labute approximate surface area is 248 Å². The van der Waals surface area contributed by atoms with Crippen LogP contribution < -0.4 is 31.1 Å². The molecule has 0 bridgehead atoms. The summed E-state index contributed by atoms with van der Waals surface area (Å²) in [5, 5.41) is 12.4. The van der Waals surface area contributed by atoms with E-state index in [-0.39, 0.29) is 17.9 Å². The minimum absolute atomic E-state index is 0.199. The van der Waals surface area contributed by atoms with E-state index in [4.69, 9.17) is 4.74 Å². The van der Waals surface area contributed by atoms with Gasteiger partial charge in [-0.15, -0.1) is 0 Å². The highest BCUT2D eigenvalue weighted by Gasteiger charge is 2.27. The first-order valence-electron chi connectivity index (χ1n) is 15.2. The average molecular weight is 577 g/mol. The van der Waals surface area contributed by atoms with Gasteiger partial charge in [-0.1, -0.05) is 0 Å². The van der Waals surface area contributed by atoms with Crippen LogP contribution in [0, 0.1) is 0 Å². The first-order valence-corrected chi connectivity index (χ1v) is 15.2. The summed E-state index contributed by atoms with van der Waals surface area (Å²) in [6.07, 6.45) is 4.90. The Kier molecular flexibility index (Phi) is 9.21. The Hall–Kier alpha value is -3.79. The molecular formula is C32H44N6O4. The van der Waals surface area contributed by atoms with Crippen LogP contribution in [-0.2, 0) is 14.3 Å². The topological polar surface area (TPSA) is 115 Å². The third kappa shape index (κ3) is 8.15. The van der Waals surface area contributed by atoms with Crippen molar-refractivity contribution in [3.63, 3.8) is 0 Å². The fourth-order valence-corrected chi connectivity index (χ4v) is 5.92. The lowest BCUT2D eigenvalue weighted by molar-refractivity contribution is -0.133. The standard InChI is InChI=1S/C32H44N6O4/c1-32(2,3)42-31(41)35-23-6-10-27(11-7-23)38-20-16-25(17-21-38)33-24-14-18-37(19-15-24)26-8-4-22(5-9-26)34-28-12-13-29(39)36-30(28)40/h4-11,24-25,28,33-34H,12-21H2,1-3H3,(H,35,41)(H,36,39,40). The van der Waals surface area contributed by atoms with E-state index in [1.54, 1.807) is 0 Å². The van der Waals surface area contributed by atoms with Crippen molar-refractivity contribution in [3.05, 3.63) is 48.5 Å². The van der Waals surface area contributed by atoms with Gasteiger partial charge < -0.3 is 25.2 Å². The van der Waals surface area contributed by atoms with Gasteiger partial charge in [-0.05, 0) is 101 Å². The van der Waals surface area contributed by atoms with Crippen LogP contribution in [0.3, 0.4) is 0 Å². The quantitative estimate of drug-likeness (QED) is 0.357. The minimum Gasteiger partial charge on any atom is -0.444 e. The SMILES string of the molecule is CC(C)(C)OC(=O)Nc1ccc(N2CCC(NC3CCN(c4ccc(NC5CCC(=O)NC5=O)cc4)CC3)CC2)cc1. The van der Waals surface area contributed by atoms with Gasteiger partial charge in [0.05, 0.1) is 0 Å². The zero-order valence-electron chi connectivity index (χ0n) is 24.9. The van der Waals surface area contributed by atoms with E-state index in [0.717, 1.165) is 63.2 Å². The molecule has 3 aliphatic heterocycles. The van der Waals surface area contributed by atoms with Gasteiger partial charge in [0, 0.05) is 67.4 Å². The molecule has 3 saturated heterocycles. The second-order valence-corrected chi connectivity index (χ2v) is 12.6. The van der Waals surface area contributed by atoms with Crippen molar-refractivity contribution >= 4 is 40.7 Å². The summed E-state index contributed by atoms with van der Waals surface area (Å²) in [7, 11) is 0. The van der Waals surface area contributed by atoms with Crippen LogP contribution >= 0.6 is 0 Å². The minimum atomic E-state index is -0.522. The molecule has 3 aliphatic rings. The van der Waals surface area contributed by atoms with E-state index in [1.165, 1.54) is 11.4 Å². The average Bonchev–Trinajstić information content (AvgIpc) is 2.95. The lowest BCUT2D eigenvalue weighted by Crippen LogP contribution is -2.50.